The lowest BCUT2D eigenvalue weighted by Crippen LogP contribution is -2.27. The Kier molecular flexibility index (Phi) is 5.73. The maximum Gasteiger partial charge on any atom is 0.387 e. The maximum atomic E-state index is 12.1. The van der Waals surface area contributed by atoms with Crippen molar-refractivity contribution in [3.63, 3.8) is 0 Å². The fourth-order valence-electron chi connectivity index (χ4n) is 1.96. The van der Waals surface area contributed by atoms with Crippen molar-refractivity contribution in [2.24, 2.45) is 0 Å². The molecule has 120 valence electrons. The summed E-state index contributed by atoms with van der Waals surface area (Å²) in [6, 6.07) is 6.05. The number of benzene rings is 1. The first-order chi connectivity index (χ1) is 10.6. The van der Waals surface area contributed by atoms with Crippen molar-refractivity contribution in [1.82, 2.24) is 25.1 Å². The molecule has 0 unspecified atom stereocenters. The summed E-state index contributed by atoms with van der Waals surface area (Å²) in [6.45, 7) is 0.902. The number of aromatic nitrogens is 4. The quantitative estimate of drug-likeness (QED) is 0.786. The van der Waals surface area contributed by atoms with E-state index in [-0.39, 0.29) is 12.4 Å². The van der Waals surface area contributed by atoms with Gasteiger partial charge in [-0.3, -0.25) is 4.90 Å². The molecule has 2 aromatic rings. The number of likely N-dealkylation sites (N-methyl/N-ethyl adjacent to an activating group) is 1. The van der Waals surface area contributed by atoms with Gasteiger partial charge in [0.1, 0.15) is 5.75 Å². The van der Waals surface area contributed by atoms with Crippen LogP contribution in [-0.2, 0) is 6.54 Å². The van der Waals surface area contributed by atoms with Crippen molar-refractivity contribution in [1.29, 1.82) is 0 Å². The number of aliphatic hydroxyl groups is 1. The first-order valence-corrected chi connectivity index (χ1v) is 6.79. The second-order valence-corrected chi connectivity index (χ2v) is 4.47. The van der Waals surface area contributed by atoms with Gasteiger partial charge >= 0.3 is 6.61 Å². The summed E-state index contributed by atoms with van der Waals surface area (Å²) in [6.07, 6.45) is 0. The van der Waals surface area contributed by atoms with E-state index in [1.54, 1.807) is 12.1 Å². The van der Waals surface area contributed by atoms with Crippen LogP contribution in [-0.4, -0.2) is 56.5 Å². The van der Waals surface area contributed by atoms with Gasteiger partial charge in [-0.1, -0.05) is 6.92 Å². The molecular formula is C13H17F2N5O2. The Labute approximate surface area is 126 Å². The van der Waals surface area contributed by atoms with Gasteiger partial charge in [0, 0.05) is 6.54 Å². The Bertz CT molecular complexity index is 576. The third-order valence-corrected chi connectivity index (χ3v) is 3.07. The molecular weight excluding hydrogens is 296 g/mol. The molecule has 1 aromatic heterocycles. The molecule has 1 heterocycles. The lowest BCUT2D eigenvalue weighted by atomic mass is 10.3. The van der Waals surface area contributed by atoms with E-state index < -0.39 is 6.61 Å². The van der Waals surface area contributed by atoms with Gasteiger partial charge in [0.25, 0.3) is 0 Å². The number of alkyl halides is 2. The van der Waals surface area contributed by atoms with Gasteiger partial charge in [-0.15, -0.1) is 5.10 Å². The van der Waals surface area contributed by atoms with E-state index in [1.165, 1.54) is 16.8 Å². The molecule has 9 heteroatoms. The van der Waals surface area contributed by atoms with E-state index in [1.807, 2.05) is 11.8 Å². The van der Waals surface area contributed by atoms with Gasteiger partial charge in [0.2, 0.25) is 0 Å². The van der Waals surface area contributed by atoms with Crippen LogP contribution in [0.4, 0.5) is 8.78 Å². The van der Waals surface area contributed by atoms with Crippen molar-refractivity contribution in [2.45, 2.75) is 20.1 Å². The first kappa shape index (κ1) is 16.2. The first-order valence-electron chi connectivity index (χ1n) is 6.79. The van der Waals surface area contributed by atoms with Gasteiger partial charge in [-0.05, 0) is 41.2 Å². The third kappa shape index (κ3) is 4.18. The molecule has 0 aliphatic rings. The van der Waals surface area contributed by atoms with Crippen LogP contribution in [0.15, 0.2) is 24.3 Å². The van der Waals surface area contributed by atoms with Gasteiger partial charge in [0.05, 0.1) is 18.8 Å². The fourth-order valence-corrected chi connectivity index (χ4v) is 1.96. The van der Waals surface area contributed by atoms with E-state index >= 15 is 0 Å². The van der Waals surface area contributed by atoms with Gasteiger partial charge in [0.15, 0.2) is 5.82 Å². The summed E-state index contributed by atoms with van der Waals surface area (Å²) in [5.74, 6) is 0.668. The molecule has 22 heavy (non-hydrogen) atoms. The Morgan fingerprint density at radius 1 is 1.32 bits per heavy atom. The van der Waals surface area contributed by atoms with Crippen molar-refractivity contribution >= 4 is 0 Å². The lowest BCUT2D eigenvalue weighted by Gasteiger charge is -2.18. The van der Waals surface area contributed by atoms with Crippen molar-refractivity contribution in [2.75, 3.05) is 19.7 Å². The molecule has 2 rings (SSSR count). The highest BCUT2D eigenvalue weighted by molar-refractivity contribution is 5.37. The number of ether oxygens (including phenoxy) is 1. The Balaban J connectivity index is 2.14. The van der Waals surface area contributed by atoms with Crippen molar-refractivity contribution in [3.8, 4) is 11.4 Å². The third-order valence-electron chi connectivity index (χ3n) is 3.07. The highest BCUT2D eigenvalue weighted by Crippen LogP contribution is 2.17. The molecule has 0 radical (unpaired) electrons. The Morgan fingerprint density at radius 3 is 2.64 bits per heavy atom. The number of rotatable bonds is 8. The minimum absolute atomic E-state index is 0.0507. The molecule has 0 saturated heterocycles. The van der Waals surface area contributed by atoms with Gasteiger partial charge in [-0.25, -0.2) is 0 Å². The van der Waals surface area contributed by atoms with Crippen LogP contribution in [0, 0.1) is 0 Å². The largest absolute Gasteiger partial charge is 0.435 e. The molecule has 0 aliphatic heterocycles. The molecule has 0 spiro atoms. The average molecular weight is 313 g/mol. The summed E-state index contributed by atoms with van der Waals surface area (Å²) in [5, 5.41) is 20.5. The molecule has 1 N–H and O–H groups in total. The number of tetrazole rings is 1. The van der Waals surface area contributed by atoms with E-state index in [9.17, 15) is 8.78 Å². The van der Waals surface area contributed by atoms with Crippen molar-refractivity contribution < 1.29 is 18.6 Å². The molecule has 0 aliphatic carbocycles. The smallest absolute Gasteiger partial charge is 0.387 e. The van der Waals surface area contributed by atoms with E-state index in [0.29, 0.717) is 24.6 Å². The average Bonchev–Trinajstić information content (AvgIpc) is 2.95. The highest BCUT2D eigenvalue weighted by Gasteiger charge is 2.12. The van der Waals surface area contributed by atoms with Crippen LogP contribution in [0.1, 0.15) is 12.7 Å². The minimum atomic E-state index is -2.86. The predicted molar refractivity (Wildman–Crippen MR) is 73.8 cm³/mol. The summed E-state index contributed by atoms with van der Waals surface area (Å²) in [5.41, 5.74) is 0.640. The number of hydrogen-bond acceptors (Lipinski definition) is 6. The van der Waals surface area contributed by atoms with E-state index in [2.05, 4.69) is 20.3 Å². The van der Waals surface area contributed by atoms with E-state index in [0.717, 1.165) is 6.54 Å². The van der Waals surface area contributed by atoms with Crippen LogP contribution in [0.25, 0.3) is 5.69 Å². The van der Waals surface area contributed by atoms with E-state index in [4.69, 9.17) is 5.11 Å². The Morgan fingerprint density at radius 2 is 2.05 bits per heavy atom. The number of hydrogen-bond donors (Lipinski definition) is 1. The van der Waals surface area contributed by atoms with Crippen LogP contribution in [0.5, 0.6) is 5.75 Å². The monoisotopic (exact) mass is 313 g/mol. The molecule has 1 aromatic carbocycles. The molecule has 0 amide bonds. The van der Waals surface area contributed by atoms with Crippen LogP contribution < -0.4 is 4.74 Å². The summed E-state index contributed by atoms with van der Waals surface area (Å²) >= 11 is 0. The molecule has 0 fully saturated rings. The zero-order valence-corrected chi connectivity index (χ0v) is 12.1. The molecule has 0 saturated carbocycles. The fraction of sp³-hybridized carbons (Fsp3) is 0.462. The Hall–Kier alpha value is -2.13. The normalized spacial score (nSPS) is 11.4. The summed E-state index contributed by atoms with van der Waals surface area (Å²) in [7, 11) is 0. The maximum absolute atomic E-state index is 12.1. The number of aliphatic hydroxyl groups excluding tert-OH is 1. The topological polar surface area (TPSA) is 76.3 Å². The summed E-state index contributed by atoms with van der Waals surface area (Å²) in [4.78, 5) is 1.98. The second kappa shape index (κ2) is 7.76. The number of halogens is 2. The van der Waals surface area contributed by atoms with Crippen LogP contribution >= 0.6 is 0 Å². The predicted octanol–water partition coefficient (Wildman–Crippen LogP) is 1.08. The van der Waals surface area contributed by atoms with Crippen LogP contribution in [0.2, 0.25) is 0 Å². The van der Waals surface area contributed by atoms with Gasteiger partial charge in [-0.2, -0.15) is 13.5 Å². The summed E-state index contributed by atoms with van der Waals surface area (Å²) < 4.78 is 30.1. The second-order valence-electron chi connectivity index (χ2n) is 4.47. The SMILES string of the molecule is CCN(CCO)Cc1nnnn1-c1ccc(OC(F)F)cc1. The molecule has 0 bridgehead atoms. The van der Waals surface area contributed by atoms with Crippen molar-refractivity contribution in [3.05, 3.63) is 30.1 Å². The number of nitrogens with zero attached hydrogens (tertiary/aromatic N) is 5. The highest BCUT2D eigenvalue weighted by atomic mass is 19.3. The molecule has 0 atom stereocenters. The lowest BCUT2D eigenvalue weighted by molar-refractivity contribution is -0.0498. The minimum Gasteiger partial charge on any atom is -0.435 e. The molecule has 7 nitrogen and oxygen atoms in total. The zero-order chi connectivity index (χ0) is 15.9. The van der Waals surface area contributed by atoms with Crippen LogP contribution in [0.3, 0.4) is 0 Å². The zero-order valence-electron chi connectivity index (χ0n) is 12.1. The van der Waals surface area contributed by atoms with Gasteiger partial charge < -0.3 is 9.84 Å². The standard InChI is InChI=1S/C13H17F2N5O2/c1-2-19(7-8-21)9-12-16-17-18-20(12)10-3-5-11(6-4-10)22-13(14)15/h3-6,13,21H,2,7-9H2,1H3.